The molecule has 170 valence electrons. The van der Waals surface area contributed by atoms with Crippen molar-refractivity contribution in [1.82, 2.24) is 0 Å². The second-order valence-corrected chi connectivity index (χ2v) is 11.5. The number of nitrogens with zero attached hydrogens (tertiary/aromatic N) is 1. The van der Waals surface area contributed by atoms with Crippen LogP contribution in [0.1, 0.15) is 50.7 Å². The van der Waals surface area contributed by atoms with Crippen LogP contribution in [-0.2, 0) is 32.3 Å². The van der Waals surface area contributed by atoms with Gasteiger partial charge in [0, 0.05) is 23.8 Å². The Morgan fingerprint density at radius 3 is 2.41 bits per heavy atom. The number of nitrogens with one attached hydrogen (secondary N) is 1. The molecule has 6 nitrogen and oxygen atoms in total. The standard InChI is InChI=1S/C25H30N2O4S/c1-17(2)32(30,31)22-11-7-18(8-12-22)15-24(28)26-21-10-9-19-13-14-27(23(19)16-21)25(29)20-5-3-4-6-20/h7-12,16-17,20H,3-6,13-15H2,1-2H3,(H,26,28). The summed E-state index contributed by atoms with van der Waals surface area (Å²) in [6.07, 6.45) is 5.17. The molecule has 0 radical (unpaired) electrons. The quantitative estimate of drug-likeness (QED) is 0.711. The van der Waals surface area contributed by atoms with Gasteiger partial charge in [0.2, 0.25) is 11.8 Å². The third-order valence-electron chi connectivity index (χ3n) is 6.47. The van der Waals surface area contributed by atoms with Gasteiger partial charge in [-0.1, -0.05) is 31.0 Å². The first-order valence-corrected chi connectivity index (χ1v) is 12.9. The maximum absolute atomic E-state index is 12.9. The second-order valence-electron chi connectivity index (χ2n) is 9.03. The molecule has 2 aliphatic rings. The van der Waals surface area contributed by atoms with Crippen LogP contribution in [0.3, 0.4) is 0 Å². The van der Waals surface area contributed by atoms with Crippen molar-refractivity contribution in [3.8, 4) is 0 Å². The Balaban J connectivity index is 1.42. The molecular weight excluding hydrogens is 424 g/mol. The van der Waals surface area contributed by atoms with Crippen LogP contribution in [-0.4, -0.2) is 32.0 Å². The molecule has 0 spiro atoms. The van der Waals surface area contributed by atoms with Crippen molar-refractivity contribution in [2.24, 2.45) is 5.92 Å². The van der Waals surface area contributed by atoms with Gasteiger partial charge in [0.25, 0.3) is 0 Å². The first kappa shape index (κ1) is 22.5. The van der Waals surface area contributed by atoms with Gasteiger partial charge in [0.1, 0.15) is 0 Å². The highest BCUT2D eigenvalue weighted by Crippen LogP contribution is 2.35. The molecule has 1 fully saturated rings. The second kappa shape index (κ2) is 9.06. The molecule has 0 unspecified atom stereocenters. The van der Waals surface area contributed by atoms with Gasteiger partial charge >= 0.3 is 0 Å². The third-order valence-corrected chi connectivity index (χ3v) is 8.64. The highest BCUT2D eigenvalue weighted by molar-refractivity contribution is 7.92. The summed E-state index contributed by atoms with van der Waals surface area (Å²) < 4.78 is 24.5. The van der Waals surface area contributed by atoms with Crippen LogP contribution in [0.15, 0.2) is 47.4 Å². The van der Waals surface area contributed by atoms with Gasteiger partial charge in [-0.25, -0.2) is 8.42 Å². The van der Waals surface area contributed by atoms with Crippen molar-refractivity contribution in [2.75, 3.05) is 16.8 Å². The van der Waals surface area contributed by atoms with E-state index in [0.717, 1.165) is 48.9 Å². The molecule has 1 aliphatic heterocycles. The van der Waals surface area contributed by atoms with Crippen LogP contribution >= 0.6 is 0 Å². The van der Waals surface area contributed by atoms with Gasteiger partial charge in [0.05, 0.1) is 16.6 Å². The summed E-state index contributed by atoms with van der Waals surface area (Å²) in [5.41, 5.74) is 3.45. The molecule has 2 aromatic rings. The Morgan fingerprint density at radius 2 is 1.75 bits per heavy atom. The largest absolute Gasteiger partial charge is 0.326 e. The molecular formula is C25H30N2O4S. The highest BCUT2D eigenvalue weighted by atomic mass is 32.2. The summed E-state index contributed by atoms with van der Waals surface area (Å²) in [5.74, 6) is 0.152. The maximum Gasteiger partial charge on any atom is 0.230 e. The van der Waals surface area contributed by atoms with Crippen molar-refractivity contribution in [3.63, 3.8) is 0 Å². The SMILES string of the molecule is CC(C)S(=O)(=O)c1ccc(CC(=O)Nc2ccc3c(c2)N(C(=O)C2CCCC2)CC3)cc1. The van der Waals surface area contributed by atoms with E-state index in [1.807, 2.05) is 23.1 Å². The number of anilines is 2. The molecule has 0 aromatic heterocycles. The minimum atomic E-state index is -3.33. The first-order chi connectivity index (χ1) is 15.3. The normalized spacial score (nSPS) is 16.4. The van der Waals surface area contributed by atoms with Crippen LogP contribution in [0.4, 0.5) is 11.4 Å². The first-order valence-electron chi connectivity index (χ1n) is 11.3. The Bertz CT molecular complexity index is 1120. The topological polar surface area (TPSA) is 83.6 Å². The predicted octanol–water partition coefficient (Wildman–Crippen LogP) is 4.13. The van der Waals surface area contributed by atoms with Crippen LogP contribution in [0, 0.1) is 5.92 Å². The molecule has 0 saturated heterocycles. The summed E-state index contributed by atoms with van der Waals surface area (Å²) in [4.78, 5) is 27.7. The fraction of sp³-hybridized carbons (Fsp3) is 0.440. The highest BCUT2D eigenvalue weighted by Gasteiger charge is 2.32. The van der Waals surface area contributed by atoms with E-state index in [-0.39, 0.29) is 29.0 Å². The van der Waals surface area contributed by atoms with E-state index >= 15 is 0 Å². The molecule has 1 heterocycles. The number of carbonyl (C=O) groups excluding carboxylic acids is 2. The Labute approximate surface area is 189 Å². The average molecular weight is 455 g/mol. The average Bonchev–Trinajstić information content (AvgIpc) is 3.43. The Morgan fingerprint density at radius 1 is 1.06 bits per heavy atom. The monoisotopic (exact) mass is 454 g/mol. The molecule has 0 bridgehead atoms. The van der Waals surface area contributed by atoms with Crippen molar-refractivity contribution in [1.29, 1.82) is 0 Å². The van der Waals surface area contributed by atoms with Gasteiger partial charge in [-0.15, -0.1) is 0 Å². The summed E-state index contributed by atoms with van der Waals surface area (Å²) in [6, 6.07) is 12.2. The number of benzene rings is 2. The molecule has 0 atom stereocenters. The summed E-state index contributed by atoms with van der Waals surface area (Å²) >= 11 is 0. The van der Waals surface area contributed by atoms with E-state index in [9.17, 15) is 18.0 Å². The lowest BCUT2D eigenvalue weighted by Crippen LogP contribution is -2.33. The smallest absolute Gasteiger partial charge is 0.230 e. The summed E-state index contributed by atoms with van der Waals surface area (Å²) in [5, 5.41) is 2.43. The summed E-state index contributed by atoms with van der Waals surface area (Å²) in [7, 11) is -3.33. The number of amides is 2. The lowest BCUT2D eigenvalue weighted by Gasteiger charge is -2.21. The lowest BCUT2D eigenvalue weighted by atomic mass is 10.1. The molecule has 2 aromatic carbocycles. The fourth-order valence-electron chi connectivity index (χ4n) is 4.54. The van der Waals surface area contributed by atoms with Gasteiger partial charge in [-0.2, -0.15) is 0 Å². The molecule has 1 saturated carbocycles. The van der Waals surface area contributed by atoms with E-state index in [4.69, 9.17) is 0 Å². The van der Waals surface area contributed by atoms with Gasteiger partial charge in [-0.3, -0.25) is 9.59 Å². The zero-order valence-electron chi connectivity index (χ0n) is 18.6. The van der Waals surface area contributed by atoms with Crippen LogP contribution in [0.5, 0.6) is 0 Å². The number of hydrogen-bond donors (Lipinski definition) is 1. The minimum Gasteiger partial charge on any atom is -0.326 e. The van der Waals surface area contributed by atoms with Gasteiger partial charge < -0.3 is 10.2 Å². The van der Waals surface area contributed by atoms with Gasteiger partial charge in [-0.05, 0) is 68.5 Å². The number of sulfone groups is 1. The number of carbonyl (C=O) groups is 2. The molecule has 2 amide bonds. The van der Waals surface area contributed by atoms with Crippen molar-refractivity contribution >= 4 is 33.0 Å². The molecule has 1 aliphatic carbocycles. The fourth-order valence-corrected chi connectivity index (χ4v) is 5.60. The number of fused-ring (bicyclic) bond motifs is 1. The van der Waals surface area contributed by atoms with Crippen LogP contribution in [0.25, 0.3) is 0 Å². The maximum atomic E-state index is 12.9. The molecule has 32 heavy (non-hydrogen) atoms. The Hall–Kier alpha value is -2.67. The Kier molecular flexibility index (Phi) is 6.38. The molecule has 4 rings (SSSR count). The van der Waals surface area contributed by atoms with E-state index in [1.165, 1.54) is 0 Å². The lowest BCUT2D eigenvalue weighted by molar-refractivity contribution is -0.122. The minimum absolute atomic E-state index is 0.127. The van der Waals surface area contributed by atoms with Gasteiger partial charge in [0.15, 0.2) is 9.84 Å². The zero-order valence-corrected chi connectivity index (χ0v) is 19.5. The van der Waals surface area contributed by atoms with Crippen molar-refractivity contribution < 1.29 is 18.0 Å². The van der Waals surface area contributed by atoms with E-state index in [1.54, 1.807) is 38.1 Å². The van der Waals surface area contributed by atoms with E-state index in [2.05, 4.69) is 5.32 Å². The van der Waals surface area contributed by atoms with Crippen molar-refractivity contribution in [3.05, 3.63) is 53.6 Å². The third kappa shape index (κ3) is 4.58. The molecule has 7 heteroatoms. The summed E-state index contributed by atoms with van der Waals surface area (Å²) in [6.45, 7) is 4.00. The van der Waals surface area contributed by atoms with Crippen molar-refractivity contribution in [2.45, 2.75) is 62.5 Å². The predicted molar refractivity (Wildman–Crippen MR) is 126 cm³/mol. The zero-order chi connectivity index (χ0) is 22.9. The number of rotatable bonds is 6. The van der Waals surface area contributed by atoms with E-state index in [0.29, 0.717) is 12.2 Å². The molecule has 1 N–H and O–H groups in total. The number of hydrogen-bond acceptors (Lipinski definition) is 4. The van der Waals surface area contributed by atoms with Crippen LogP contribution in [0.2, 0.25) is 0 Å². The van der Waals surface area contributed by atoms with Crippen LogP contribution < -0.4 is 10.2 Å². The van der Waals surface area contributed by atoms with E-state index < -0.39 is 15.1 Å².